The van der Waals surface area contributed by atoms with Crippen LogP contribution in [0.2, 0.25) is 0 Å². The Morgan fingerprint density at radius 1 is 1.00 bits per heavy atom. The topological polar surface area (TPSA) is 58.2 Å². The summed E-state index contributed by atoms with van der Waals surface area (Å²) in [5, 5.41) is 6.32. The van der Waals surface area contributed by atoms with Crippen LogP contribution in [0.3, 0.4) is 0 Å². The molecule has 1 aromatic heterocycles. The third kappa shape index (κ3) is 5.45. The minimum Gasteiger partial charge on any atom is -0.343 e. The molecule has 2 aromatic carbocycles. The summed E-state index contributed by atoms with van der Waals surface area (Å²) in [5.41, 5.74) is 3.14. The molecule has 0 saturated heterocycles. The number of nitrogens with one attached hydrogen (secondary N) is 2. The van der Waals surface area contributed by atoms with Gasteiger partial charge in [-0.25, -0.2) is 0 Å². The van der Waals surface area contributed by atoms with Crippen LogP contribution in [0.1, 0.15) is 25.6 Å². The molecule has 3 aromatic rings. The third-order valence-corrected chi connectivity index (χ3v) is 4.98. The molecule has 3 rings (SSSR count). The van der Waals surface area contributed by atoms with Crippen LogP contribution in [0.4, 0.5) is 18.9 Å². The highest BCUT2D eigenvalue weighted by Gasteiger charge is 2.28. The molecule has 0 aliphatic heterocycles. The van der Waals surface area contributed by atoms with Crippen molar-refractivity contribution in [2.24, 2.45) is 0 Å². The SMILES string of the molecule is Cc1ccc(-c2ccsc2C(=O)Nc2cccc(C(=O)NCC(F)(F)F)c2)cc1. The number of benzene rings is 2. The highest BCUT2D eigenvalue weighted by Crippen LogP contribution is 2.29. The van der Waals surface area contributed by atoms with Crippen molar-refractivity contribution in [1.82, 2.24) is 5.32 Å². The Labute approximate surface area is 169 Å². The molecule has 0 unspecified atom stereocenters. The summed E-state index contributed by atoms with van der Waals surface area (Å²) in [5.74, 6) is -1.22. The van der Waals surface area contributed by atoms with Gasteiger partial charge >= 0.3 is 6.18 Å². The van der Waals surface area contributed by atoms with E-state index in [1.807, 2.05) is 48.0 Å². The molecule has 0 saturated carbocycles. The van der Waals surface area contributed by atoms with Crippen LogP contribution in [-0.4, -0.2) is 24.5 Å². The maximum absolute atomic E-state index is 12.7. The molecule has 2 amide bonds. The van der Waals surface area contributed by atoms with Crippen molar-refractivity contribution in [1.29, 1.82) is 0 Å². The second-order valence-corrected chi connectivity index (χ2v) is 7.28. The fourth-order valence-electron chi connectivity index (χ4n) is 2.65. The normalized spacial score (nSPS) is 11.2. The van der Waals surface area contributed by atoms with Crippen LogP contribution < -0.4 is 10.6 Å². The monoisotopic (exact) mass is 418 g/mol. The summed E-state index contributed by atoms with van der Waals surface area (Å²) >= 11 is 1.28. The van der Waals surface area contributed by atoms with Gasteiger partial charge in [0.25, 0.3) is 11.8 Å². The van der Waals surface area contributed by atoms with E-state index in [1.54, 1.807) is 6.07 Å². The van der Waals surface area contributed by atoms with Crippen LogP contribution in [0, 0.1) is 6.92 Å². The van der Waals surface area contributed by atoms with E-state index in [9.17, 15) is 22.8 Å². The number of amides is 2. The maximum atomic E-state index is 12.7. The lowest BCUT2D eigenvalue weighted by Crippen LogP contribution is -2.33. The molecule has 0 aliphatic carbocycles. The van der Waals surface area contributed by atoms with Gasteiger partial charge in [0.15, 0.2) is 0 Å². The highest BCUT2D eigenvalue weighted by atomic mass is 32.1. The largest absolute Gasteiger partial charge is 0.405 e. The summed E-state index contributed by atoms with van der Waals surface area (Å²) in [6.07, 6.45) is -4.49. The maximum Gasteiger partial charge on any atom is 0.405 e. The number of carbonyl (C=O) groups excluding carboxylic acids is 2. The second-order valence-electron chi connectivity index (χ2n) is 6.36. The van der Waals surface area contributed by atoms with Gasteiger partial charge in [-0.2, -0.15) is 13.2 Å². The second kappa shape index (κ2) is 8.48. The zero-order valence-electron chi connectivity index (χ0n) is 15.3. The Bertz CT molecular complexity index is 1030. The highest BCUT2D eigenvalue weighted by molar-refractivity contribution is 7.12. The van der Waals surface area contributed by atoms with E-state index in [0.717, 1.165) is 16.7 Å². The number of alkyl halides is 3. The Morgan fingerprint density at radius 3 is 2.41 bits per heavy atom. The number of hydrogen-bond acceptors (Lipinski definition) is 3. The number of thiophene rings is 1. The quantitative estimate of drug-likeness (QED) is 0.593. The first kappa shape index (κ1) is 20.6. The van der Waals surface area contributed by atoms with E-state index in [0.29, 0.717) is 10.6 Å². The van der Waals surface area contributed by atoms with Crippen LogP contribution >= 0.6 is 11.3 Å². The van der Waals surface area contributed by atoms with Crippen molar-refractivity contribution in [3.8, 4) is 11.1 Å². The molecule has 29 heavy (non-hydrogen) atoms. The number of aryl methyl sites for hydroxylation is 1. The Balaban J connectivity index is 1.75. The molecule has 0 radical (unpaired) electrons. The minimum absolute atomic E-state index is 0.0250. The van der Waals surface area contributed by atoms with Crippen molar-refractivity contribution >= 4 is 28.8 Å². The molecule has 0 spiro atoms. The van der Waals surface area contributed by atoms with Crippen molar-refractivity contribution in [2.75, 3.05) is 11.9 Å². The van der Waals surface area contributed by atoms with Crippen molar-refractivity contribution < 1.29 is 22.8 Å². The molecule has 8 heteroatoms. The summed E-state index contributed by atoms with van der Waals surface area (Å²) < 4.78 is 36.8. The van der Waals surface area contributed by atoms with E-state index in [4.69, 9.17) is 0 Å². The zero-order valence-corrected chi connectivity index (χ0v) is 16.2. The van der Waals surface area contributed by atoms with E-state index in [-0.39, 0.29) is 11.5 Å². The molecule has 0 fully saturated rings. The molecule has 0 bridgehead atoms. The van der Waals surface area contributed by atoms with Gasteiger partial charge in [-0.3, -0.25) is 9.59 Å². The minimum atomic E-state index is -4.49. The first-order chi connectivity index (χ1) is 13.7. The fraction of sp³-hybridized carbons (Fsp3) is 0.143. The third-order valence-electron chi connectivity index (χ3n) is 4.07. The van der Waals surface area contributed by atoms with Gasteiger partial charge in [0.1, 0.15) is 6.54 Å². The van der Waals surface area contributed by atoms with E-state index in [2.05, 4.69) is 5.32 Å². The summed E-state index contributed by atoms with van der Waals surface area (Å²) in [6.45, 7) is 0.556. The smallest absolute Gasteiger partial charge is 0.343 e. The van der Waals surface area contributed by atoms with Gasteiger partial charge in [-0.1, -0.05) is 35.9 Å². The Kier molecular flexibility index (Phi) is 6.03. The van der Waals surface area contributed by atoms with Gasteiger partial charge in [-0.05, 0) is 42.1 Å². The van der Waals surface area contributed by atoms with Crippen molar-refractivity contribution in [3.63, 3.8) is 0 Å². The molecule has 1 heterocycles. The van der Waals surface area contributed by atoms with Gasteiger partial charge < -0.3 is 10.6 Å². The molecule has 2 N–H and O–H groups in total. The van der Waals surface area contributed by atoms with Gasteiger partial charge in [0, 0.05) is 16.8 Å². The predicted octanol–water partition coefficient (Wildman–Crippen LogP) is 5.27. The van der Waals surface area contributed by atoms with E-state index in [1.165, 1.54) is 29.5 Å². The molecule has 0 atom stereocenters. The Hall–Kier alpha value is -3.13. The van der Waals surface area contributed by atoms with Crippen LogP contribution in [-0.2, 0) is 0 Å². The molecule has 150 valence electrons. The first-order valence-corrected chi connectivity index (χ1v) is 9.52. The molecular formula is C21H17F3N2O2S. The standard InChI is InChI=1S/C21H17F3N2O2S/c1-13-5-7-14(8-6-13)17-9-10-29-18(17)20(28)26-16-4-2-3-15(11-16)19(27)25-12-21(22,23)24/h2-11H,12H2,1H3,(H,25,27)(H,26,28). The summed E-state index contributed by atoms with van der Waals surface area (Å²) in [6, 6.07) is 15.4. The van der Waals surface area contributed by atoms with Crippen molar-refractivity contribution in [2.45, 2.75) is 13.1 Å². The van der Waals surface area contributed by atoms with Crippen molar-refractivity contribution in [3.05, 3.63) is 76.0 Å². The summed E-state index contributed by atoms with van der Waals surface area (Å²) in [7, 11) is 0. The van der Waals surface area contributed by atoms with Gasteiger partial charge in [-0.15, -0.1) is 11.3 Å². The number of hydrogen-bond donors (Lipinski definition) is 2. The molecule has 4 nitrogen and oxygen atoms in total. The lowest BCUT2D eigenvalue weighted by Gasteiger charge is -2.10. The van der Waals surface area contributed by atoms with Crippen LogP contribution in [0.25, 0.3) is 11.1 Å². The van der Waals surface area contributed by atoms with Crippen LogP contribution in [0.5, 0.6) is 0 Å². The number of halogens is 3. The number of rotatable bonds is 5. The molecular weight excluding hydrogens is 401 g/mol. The predicted molar refractivity (Wildman–Crippen MR) is 107 cm³/mol. The van der Waals surface area contributed by atoms with E-state index < -0.39 is 18.6 Å². The molecule has 0 aliphatic rings. The number of carbonyl (C=O) groups is 2. The summed E-state index contributed by atoms with van der Waals surface area (Å²) in [4.78, 5) is 25.1. The Morgan fingerprint density at radius 2 is 1.72 bits per heavy atom. The van der Waals surface area contributed by atoms with E-state index >= 15 is 0 Å². The van der Waals surface area contributed by atoms with Crippen LogP contribution in [0.15, 0.2) is 60.0 Å². The van der Waals surface area contributed by atoms with Gasteiger partial charge in [0.05, 0.1) is 4.88 Å². The lowest BCUT2D eigenvalue weighted by molar-refractivity contribution is -0.123. The fourth-order valence-corrected chi connectivity index (χ4v) is 3.47. The number of anilines is 1. The average Bonchev–Trinajstić information content (AvgIpc) is 3.16. The average molecular weight is 418 g/mol. The van der Waals surface area contributed by atoms with Gasteiger partial charge in [0.2, 0.25) is 0 Å². The first-order valence-electron chi connectivity index (χ1n) is 8.64. The zero-order chi connectivity index (χ0) is 21.0. The lowest BCUT2D eigenvalue weighted by atomic mass is 10.0.